The van der Waals surface area contributed by atoms with Crippen molar-refractivity contribution >= 4 is 40.3 Å². The first kappa shape index (κ1) is 20.5. The number of rotatable bonds is 4. The molecule has 0 bridgehead atoms. The number of carbonyl (C=O) groups excluding carboxylic acids is 1. The molecule has 2 atom stereocenters. The first-order chi connectivity index (χ1) is 17.2. The molecule has 1 saturated heterocycles. The molecule has 1 aromatic heterocycles. The summed E-state index contributed by atoms with van der Waals surface area (Å²) in [6, 6.07) is 23.2. The van der Waals surface area contributed by atoms with Crippen LogP contribution in [-0.4, -0.2) is 42.3 Å². The van der Waals surface area contributed by atoms with E-state index in [9.17, 15) is 4.79 Å². The molecule has 2 aliphatic heterocycles. The van der Waals surface area contributed by atoms with Crippen LogP contribution in [0.15, 0.2) is 66.7 Å². The molecule has 1 amide bonds. The van der Waals surface area contributed by atoms with Gasteiger partial charge in [-0.15, -0.1) is 0 Å². The van der Waals surface area contributed by atoms with Crippen molar-refractivity contribution in [3.8, 4) is 0 Å². The number of benzene rings is 3. The molecule has 1 aliphatic carbocycles. The minimum absolute atomic E-state index is 0.125. The van der Waals surface area contributed by atoms with Crippen molar-refractivity contribution in [2.24, 2.45) is 0 Å². The lowest BCUT2D eigenvalue weighted by molar-refractivity contribution is -0.118. The molecule has 1 saturated carbocycles. The summed E-state index contributed by atoms with van der Waals surface area (Å²) >= 11 is 0. The van der Waals surface area contributed by atoms with Crippen LogP contribution in [0.5, 0.6) is 0 Å². The molecule has 0 radical (unpaired) electrons. The third-order valence-electron chi connectivity index (χ3n) is 7.85. The number of fused-ring (bicyclic) bond motifs is 3. The van der Waals surface area contributed by atoms with E-state index in [0.717, 1.165) is 66.0 Å². The Bertz CT molecular complexity index is 1460. The molecule has 6 nitrogen and oxygen atoms in total. The summed E-state index contributed by atoms with van der Waals surface area (Å²) in [5.74, 6) is 0.326. The number of nitrogens with one attached hydrogen (secondary N) is 3. The lowest BCUT2D eigenvalue weighted by Gasteiger charge is -2.29. The molecule has 3 heterocycles. The second-order valence-corrected chi connectivity index (χ2v) is 9.80. The van der Waals surface area contributed by atoms with Crippen LogP contribution < -0.4 is 15.5 Å². The van der Waals surface area contributed by atoms with Gasteiger partial charge in [0.2, 0.25) is 5.91 Å². The topological polar surface area (TPSA) is 73.1 Å². The van der Waals surface area contributed by atoms with Gasteiger partial charge < -0.3 is 15.5 Å². The van der Waals surface area contributed by atoms with Crippen LogP contribution >= 0.6 is 0 Å². The number of hydrogen-bond acceptors (Lipinski definition) is 4. The van der Waals surface area contributed by atoms with E-state index in [1.807, 2.05) is 18.2 Å². The lowest BCUT2D eigenvalue weighted by Crippen LogP contribution is -2.43. The Morgan fingerprint density at radius 3 is 2.66 bits per heavy atom. The smallest absolute Gasteiger partial charge is 0.235 e. The molecule has 7 rings (SSSR count). The Morgan fingerprint density at radius 1 is 0.971 bits per heavy atom. The van der Waals surface area contributed by atoms with Crippen LogP contribution in [0.25, 0.3) is 23.1 Å². The number of aromatic amines is 1. The van der Waals surface area contributed by atoms with Crippen molar-refractivity contribution in [1.82, 2.24) is 15.5 Å². The molecule has 35 heavy (non-hydrogen) atoms. The molecular formula is C29H27N5O. The van der Waals surface area contributed by atoms with Gasteiger partial charge in [0, 0.05) is 48.9 Å². The van der Waals surface area contributed by atoms with Crippen molar-refractivity contribution in [1.29, 1.82) is 0 Å². The summed E-state index contributed by atoms with van der Waals surface area (Å²) in [4.78, 5) is 15.3. The predicted molar refractivity (Wildman–Crippen MR) is 141 cm³/mol. The number of H-pyrrole nitrogens is 1. The molecule has 4 aromatic rings. The van der Waals surface area contributed by atoms with Crippen LogP contribution in [-0.2, 0) is 10.2 Å². The first-order valence-corrected chi connectivity index (χ1v) is 12.4. The summed E-state index contributed by atoms with van der Waals surface area (Å²) in [6.07, 6.45) is 5.03. The Balaban J connectivity index is 1.11. The molecular weight excluding hydrogens is 434 g/mol. The molecule has 2 fully saturated rings. The molecule has 3 aromatic carbocycles. The largest absolute Gasteiger partial charge is 0.369 e. The van der Waals surface area contributed by atoms with Crippen molar-refractivity contribution in [2.75, 3.05) is 36.4 Å². The summed E-state index contributed by atoms with van der Waals surface area (Å²) in [5, 5.41) is 15.3. The van der Waals surface area contributed by atoms with E-state index in [-0.39, 0.29) is 11.8 Å². The monoisotopic (exact) mass is 461 g/mol. The number of anilines is 2. The van der Waals surface area contributed by atoms with Crippen molar-refractivity contribution in [3.05, 3.63) is 89.1 Å². The second-order valence-electron chi connectivity index (χ2n) is 9.80. The van der Waals surface area contributed by atoms with Gasteiger partial charge in [-0.05, 0) is 53.5 Å². The van der Waals surface area contributed by atoms with Crippen LogP contribution in [0.4, 0.5) is 11.4 Å². The summed E-state index contributed by atoms with van der Waals surface area (Å²) in [5.41, 5.74) is 7.22. The number of para-hydroxylation sites is 1. The van der Waals surface area contributed by atoms with Gasteiger partial charge in [-0.25, -0.2) is 0 Å². The van der Waals surface area contributed by atoms with Crippen molar-refractivity contribution < 1.29 is 4.79 Å². The van der Waals surface area contributed by atoms with E-state index in [4.69, 9.17) is 0 Å². The fourth-order valence-corrected chi connectivity index (χ4v) is 5.85. The number of aromatic nitrogens is 2. The SMILES string of the molecule is O=C1Nc2ccccc2C12C[C@H]2c1ccc2c(/C=C/c3ccc(N4CCNCC4)cc3)n[nH]c2c1. The lowest BCUT2D eigenvalue weighted by atomic mass is 9.92. The number of piperazine rings is 1. The van der Waals surface area contributed by atoms with Crippen molar-refractivity contribution in [2.45, 2.75) is 17.8 Å². The Labute approximate surface area is 204 Å². The Morgan fingerprint density at radius 2 is 1.80 bits per heavy atom. The highest BCUT2D eigenvalue weighted by Gasteiger charge is 2.65. The Kier molecular flexibility index (Phi) is 4.57. The highest BCUT2D eigenvalue weighted by molar-refractivity contribution is 6.09. The standard InChI is InChI=1S/C29H27N5O/c35-28-29(23-3-1-2-4-26(23)31-28)18-24(29)20-8-11-22-25(32-33-27(22)17-20)12-7-19-5-9-21(10-6-19)34-15-13-30-14-16-34/h1-12,17,24,30H,13-16,18H2,(H,31,35)(H,32,33)/b12-7+/t24-,29?/m0/s1. The highest BCUT2D eigenvalue weighted by atomic mass is 16.2. The first-order valence-electron chi connectivity index (χ1n) is 12.4. The molecule has 1 unspecified atom stereocenters. The third kappa shape index (κ3) is 3.28. The van der Waals surface area contributed by atoms with E-state index in [2.05, 4.69) is 86.4 Å². The maximum atomic E-state index is 12.9. The number of amides is 1. The molecule has 3 N–H and O–H groups in total. The van der Waals surface area contributed by atoms with E-state index in [0.29, 0.717) is 0 Å². The number of carbonyl (C=O) groups is 1. The van der Waals surface area contributed by atoms with Gasteiger partial charge >= 0.3 is 0 Å². The highest BCUT2D eigenvalue weighted by Crippen LogP contribution is 2.64. The number of hydrogen-bond donors (Lipinski definition) is 3. The average molecular weight is 462 g/mol. The second kappa shape index (κ2) is 7.82. The summed E-state index contributed by atoms with van der Waals surface area (Å²) < 4.78 is 0. The zero-order valence-corrected chi connectivity index (χ0v) is 19.4. The van der Waals surface area contributed by atoms with Crippen LogP contribution in [0.1, 0.15) is 34.7 Å². The molecule has 3 aliphatic rings. The minimum atomic E-state index is -0.413. The third-order valence-corrected chi connectivity index (χ3v) is 7.85. The van der Waals surface area contributed by atoms with Crippen molar-refractivity contribution in [3.63, 3.8) is 0 Å². The maximum Gasteiger partial charge on any atom is 0.235 e. The van der Waals surface area contributed by atoms with Gasteiger partial charge in [-0.3, -0.25) is 9.89 Å². The summed E-state index contributed by atoms with van der Waals surface area (Å²) in [7, 11) is 0. The fraction of sp³-hybridized carbons (Fsp3) is 0.241. The van der Waals surface area contributed by atoms with Crippen LogP contribution in [0, 0.1) is 0 Å². The molecule has 174 valence electrons. The molecule has 6 heteroatoms. The van der Waals surface area contributed by atoms with Gasteiger partial charge in [0.05, 0.1) is 16.6 Å². The quantitative estimate of drug-likeness (QED) is 0.418. The van der Waals surface area contributed by atoms with E-state index in [1.54, 1.807) is 0 Å². The van der Waals surface area contributed by atoms with Gasteiger partial charge in [-0.1, -0.05) is 48.5 Å². The normalized spacial score (nSPS) is 23.3. The van der Waals surface area contributed by atoms with Crippen LogP contribution in [0.2, 0.25) is 0 Å². The van der Waals surface area contributed by atoms with Gasteiger partial charge in [-0.2, -0.15) is 5.10 Å². The maximum absolute atomic E-state index is 12.9. The van der Waals surface area contributed by atoms with Gasteiger partial charge in [0.15, 0.2) is 0 Å². The minimum Gasteiger partial charge on any atom is -0.369 e. The van der Waals surface area contributed by atoms with Crippen LogP contribution in [0.3, 0.4) is 0 Å². The Hall–Kier alpha value is -3.90. The zero-order valence-electron chi connectivity index (χ0n) is 19.4. The van der Waals surface area contributed by atoms with E-state index in [1.165, 1.54) is 11.3 Å². The average Bonchev–Trinajstić information content (AvgIpc) is 3.44. The predicted octanol–water partition coefficient (Wildman–Crippen LogP) is 4.52. The van der Waals surface area contributed by atoms with E-state index < -0.39 is 5.41 Å². The fourth-order valence-electron chi connectivity index (χ4n) is 5.85. The van der Waals surface area contributed by atoms with Gasteiger partial charge in [0.25, 0.3) is 0 Å². The van der Waals surface area contributed by atoms with Gasteiger partial charge in [0.1, 0.15) is 0 Å². The zero-order chi connectivity index (χ0) is 23.4. The molecule has 1 spiro atoms. The summed E-state index contributed by atoms with van der Waals surface area (Å²) in [6.45, 7) is 4.18. The van der Waals surface area contributed by atoms with E-state index >= 15 is 0 Å². The number of nitrogens with zero attached hydrogens (tertiary/aromatic N) is 2.